The molecule has 0 aliphatic rings. The fraction of sp³-hybridized carbons (Fsp3) is 0.350. The van der Waals surface area contributed by atoms with Gasteiger partial charge in [0.25, 0.3) is 5.91 Å². The van der Waals surface area contributed by atoms with Gasteiger partial charge in [-0.3, -0.25) is 9.59 Å². The third-order valence-corrected chi connectivity index (χ3v) is 4.00. The van der Waals surface area contributed by atoms with Gasteiger partial charge >= 0.3 is 12.0 Å². The second-order valence-corrected chi connectivity index (χ2v) is 6.84. The zero-order valence-corrected chi connectivity index (χ0v) is 16.7. The molecule has 2 rings (SSSR count). The monoisotopic (exact) mass is 427 g/mol. The summed E-state index contributed by atoms with van der Waals surface area (Å²) in [6.45, 7) is 4.71. The summed E-state index contributed by atoms with van der Waals surface area (Å²) < 4.78 is 56.5. The molecule has 6 nitrogen and oxygen atoms in total. The van der Waals surface area contributed by atoms with Gasteiger partial charge in [-0.2, -0.15) is 17.6 Å². The molecule has 0 aliphatic carbocycles. The average molecular weight is 427 g/mol. The molecule has 1 aromatic heterocycles. The number of aryl methyl sites for hydroxylation is 1. The summed E-state index contributed by atoms with van der Waals surface area (Å²) in [6, 6.07) is 7.41. The van der Waals surface area contributed by atoms with E-state index in [9.17, 15) is 27.2 Å². The summed E-state index contributed by atoms with van der Waals surface area (Å²) in [4.78, 5) is 27.8. The number of halogens is 4. The van der Waals surface area contributed by atoms with Crippen molar-refractivity contribution < 1.29 is 31.9 Å². The number of pyridine rings is 1. The van der Waals surface area contributed by atoms with E-state index in [0.29, 0.717) is 11.3 Å². The number of carbonyl (C=O) groups is 2. The standard InChI is InChI=1S/C20H21F4N3O3/c1-11-9-15(10-17(25-11)27-13(3)28)18(29)26-12(2)14-5-7-16(8-6-14)30-20(23,24)19(4,21)22/h5-10,12H,1-4H3,(H,26,29)(H,25,27,28). The lowest BCUT2D eigenvalue weighted by atomic mass is 10.1. The van der Waals surface area contributed by atoms with E-state index >= 15 is 0 Å². The number of aromatic nitrogens is 1. The minimum Gasteiger partial charge on any atom is -0.428 e. The van der Waals surface area contributed by atoms with E-state index in [-0.39, 0.29) is 24.2 Å². The summed E-state index contributed by atoms with van der Waals surface area (Å²) in [5, 5.41) is 5.23. The topological polar surface area (TPSA) is 80.3 Å². The number of amides is 2. The highest BCUT2D eigenvalue weighted by molar-refractivity contribution is 5.96. The Kier molecular flexibility index (Phi) is 6.69. The lowest BCUT2D eigenvalue weighted by Crippen LogP contribution is -2.42. The SMILES string of the molecule is CC(=O)Nc1cc(C(=O)NC(C)c2ccc(OC(F)(F)C(C)(F)F)cc2)cc(C)n1. The van der Waals surface area contributed by atoms with Gasteiger partial charge in [0.1, 0.15) is 11.6 Å². The second-order valence-electron chi connectivity index (χ2n) is 6.84. The van der Waals surface area contributed by atoms with Crippen molar-refractivity contribution in [1.29, 1.82) is 0 Å². The van der Waals surface area contributed by atoms with Crippen LogP contribution in [0.2, 0.25) is 0 Å². The smallest absolute Gasteiger partial charge is 0.428 e. The van der Waals surface area contributed by atoms with Crippen LogP contribution in [0.5, 0.6) is 5.75 Å². The zero-order valence-electron chi connectivity index (χ0n) is 16.7. The van der Waals surface area contributed by atoms with E-state index in [1.165, 1.54) is 31.2 Å². The molecule has 0 spiro atoms. The van der Waals surface area contributed by atoms with Gasteiger partial charge < -0.3 is 15.4 Å². The first-order valence-electron chi connectivity index (χ1n) is 8.90. The zero-order chi connectivity index (χ0) is 22.7. The highest BCUT2D eigenvalue weighted by Gasteiger charge is 2.55. The number of nitrogens with zero attached hydrogens (tertiary/aromatic N) is 1. The fourth-order valence-corrected chi connectivity index (χ4v) is 2.47. The van der Waals surface area contributed by atoms with E-state index in [4.69, 9.17) is 0 Å². The molecule has 0 radical (unpaired) electrons. The Labute approximate surface area is 170 Å². The quantitative estimate of drug-likeness (QED) is 0.639. The molecule has 1 heterocycles. The minimum atomic E-state index is -4.65. The van der Waals surface area contributed by atoms with Crippen LogP contribution in [0.15, 0.2) is 36.4 Å². The van der Waals surface area contributed by atoms with E-state index in [1.807, 2.05) is 0 Å². The highest BCUT2D eigenvalue weighted by atomic mass is 19.3. The Hall–Kier alpha value is -3.17. The third-order valence-electron chi connectivity index (χ3n) is 4.00. The van der Waals surface area contributed by atoms with Crippen molar-refractivity contribution in [2.24, 2.45) is 0 Å². The van der Waals surface area contributed by atoms with Gasteiger partial charge in [0, 0.05) is 25.1 Å². The van der Waals surface area contributed by atoms with E-state index < -0.39 is 29.7 Å². The van der Waals surface area contributed by atoms with Gasteiger partial charge in [0.2, 0.25) is 5.91 Å². The molecule has 0 bridgehead atoms. The van der Waals surface area contributed by atoms with Crippen LogP contribution in [0.4, 0.5) is 23.4 Å². The number of carbonyl (C=O) groups excluding carboxylic acids is 2. The highest BCUT2D eigenvalue weighted by Crippen LogP contribution is 2.36. The first-order valence-corrected chi connectivity index (χ1v) is 8.90. The summed E-state index contributed by atoms with van der Waals surface area (Å²) in [7, 11) is 0. The second kappa shape index (κ2) is 8.68. The maximum atomic E-state index is 13.3. The Balaban J connectivity index is 2.09. The predicted molar refractivity (Wildman–Crippen MR) is 102 cm³/mol. The fourth-order valence-electron chi connectivity index (χ4n) is 2.47. The van der Waals surface area contributed by atoms with Gasteiger partial charge in [-0.05, 0) is 43.7 Å². The van der Waals surface area contributed by atoms with Gasteiger partial charge in [0.05, 0.1) is 6.04 Å². The molecule has 1 unspecified atom stereocenters. The van der Waals surface area contributed by atoms with Crippen molar-refractivity contribution in [1.82, 2.24) is 10.3 Å². The molecule has 2 N–H and O–H groups in total. The number of ether oxygens (including phenoxy) is 1. The maximum absolute atomic E-state index is 13.3. The molecule has 0 saturated heterocycles. The predicted octanol–water partition coefficient (Wildman–Crippen LogP) is 4.47. The van der Waals surface area contributed by atoms with Gasteiger partial charge in [-0.15, -0.1) is 0 Å². The number of rotatable bonds is 7. The van der Waals surface area contributed by atoms with Gasteiger partial charge in [-0.25, -0.2) is 4.98 Å². The number of benzene rings is 1. The molecular formula is C20H21F4N3O3. The van der Waals surface area contributed by atoms with E-state index in [0.717, 1.165) is 12.1 Å². The third kappa shape index (κ3) is 5.91. The first kappa shape index (κ1) is 23.1. The van der Waals surface area contributed by atoms with Crippen LogP contribution in [0.25, 0.3) is 0 Å². The average Bonchev–Trinajstić information content (AvgIpc) is 2.59. The van der Waals surface area contributed by atoms with Crippen molar-refractivity contribution in [3.05, 3.63) is 53.2 Å². The number of hydrogen-bond donors (Lipinski definition) is 2. The molecule has 10 heteroatoms. The van der Waals surface area contributed by atoms with Gasteiger partial charge in [0.15, 0.2) is 0 Å². The molecule has 162 valence electrons. The molecule has 1 aromatic carbocycles. The van der Waals surface area contributed by atoms with Crippen LogP contribution in [-0.4, -0.2) is 28.8 Å². The van der Waals surface area contributed by atoms with Crippen LogP contribution in [0.3, 0.4) is 0 Å². The van der Waals surface area contributed by atoms with Crippen molar-refractivity contribution >= 4 is 17.6 Å². The molecule has 0 saturated carbocycles. The number of hydrogen-bond acceptors (Lipinski definition) is 4. The van der Waals surface area contributed by atoms with Crippen molar-refractivity contribution in [2.75, 3.05) is 5.32 Å². The summed E-state index contributed by atoms with van der Waals surface area (Å²) in [6.07, 6.45) is -4.65. The van der Waals surface area contributed by atoms with Crippen LogP contribution in [-0.2, 0) is 4.79 Å². The molecular weight excluding hydrogens is 406 g/mol. The molecule has 1 atom stereocenters. The van der Waals surface area contributed by atoms with Crippen LogP contribution in [0.1, 0.15) is 48.4 Å². The molecule has 2 amide bonds. The summed E-state index contributed by atoms with van der Waals surface area (Å²) >= 11 is 0. The van der Waals surface area contributed by atoms with E-state index in [2.05, 4.69) is 20.4 Å². The lowest BCUT2D eigenvalue weighted by Gasteiger charge is -2.23. The number of alkyl halides is 4. The van der Waals surface area contributed by atoms with Crippen LogP contribution in [0, 0.1) is 6.92 Å². The largest absolute Gasteiger partial charge is 0.463 e. The minimum absolute atomic E-state index is 0.0666. The normalized spacial score (nSPS) is 12.8. The Morgan fingerprint density at radius 2 is 1.70 bits per heavy atom. The van der Waals surface area contributed by atoms with Crippen molar-refractivity contribution in [3.8, 4) is 5.75 Å². The lowest BCUT2D eigenvalue weighted by molar-refractivity contribution is -0.301. The molecule has 0 fully saturated rings. The molecule has 30 heavy (non-hydrogen) atoms. The summed E-state index contributed by atoms with van der Waals surface area (Å²) in [5.41, 5.74) is 1.33. The first-order chi connectivity index (χ1) is 13.8. The Morgan fingerprint density at radius 1 is 1.10 bits per heavy atom. The molecule has 0 aliphatic heterocycles. The number of nitrogens with one attached hydrogen (secondary N) is 2. The van der Waals surface area contributed by atoms with Crippen molar-refractivity contribution in [3.63, 3.8) is 0 Å². The van der Waals surface area contributed by atoms with Crippen molar-refractivity contribution in [2.45, 2.75) is 45.8 Å². The Morgan fingerprint density at radius 3 is 2.23 bits per heavy atom. The molecule has 2 aromatic rings. The maximum Gasteiger partial charge on any atom is 0.463 e. The summed E-state index contributed by atoms with van der Waals surface area (Å²) in [5.74, 6) is -5.33. The number of anilines is 1. The van der Waals surface area contributed by atoms with Gasteiger partial charge in [-0.1, -0.05) is 12.1 Å². The van der Waals surface area contributed by atoms with Crippen LogP contribution >= 0.6 is 0 Å². The van der Waals surface area contributed by atoms with Crippen LogP contribution < -0.4 is 15.4 Å². The van der Waals surface area contributed by atoms with E-state index in [1.54, 1.807) is 13.8 Å². The Bertz CT molecular complexity index is 928.